The van der Waals surface area contributed by atoms with Crippen molar-refractivity contribution in [3.63, 3.8) is 0 Å². The number of aromatic nitrogens is 2. The summed E-state index contributed by atoms with van der Waals surface area (Å²) >= 11 is 0. The van der Waals surface area contributed by atoms with Gasteiger partial charge in [0.1, 0.15) is 5.75 Å². The van der Waals surface area contributed by atoms with Gasteiger partial charge in [-0.1, -0.05) is 0 Å². The maximum absolute atomic E-state index is 10.9. The molecule has 0 aliphatic carbocycles. The van der Waals surface area contributed by atoms with E-state index in [-0.39, 0.29) is 12.4 Å². The van der Waals surface area contributed by atoms with Crippen molar-refractivity contribution in [2.45, 2.75) is 6.54 Å². The lowest BCUT2D eigenvalue weighted by atomic mass is 10.2. The number of sulfonamides is 1. The zero-order chi connectivity index (χ0) is 13.9. The number of hydrogen-bond donors (Lipinski definition) is 1. The summed E-state index contributed by atoms with van der Waals surface area (Å²) in [6.07, 6.45) is 1.06. The number of ether oxygens (including phenoxy) is 1. The maximum atomic E-state index is 10.9. The minimum absolute atomic E-state index is 0.0258. The maximum Gasteiger partial charge on any atom is 0.247 e. The van der Waals surface area contributed by atoms with Gasteiger partial charge < -0.3 is 9.15 Å². The third kappa shape index (κ3) is 3.76. The fourth-order valence-electron chi connectivity index (χ4n) is 1.37. The van der Waals surface area contributed by atoms with E-state index in [4.69, 9.17) is 9.15 Å². The van der Waals surface area contributed by atoms with Crippen LogP contribution in [0.5, 0.6) is 5.75 Å². The lowest BCUT2D eigenvalue weighted by Crippen LogP contribution is -2.21. The molecule has 8 heteroatoms. The first kappa shape index (κ1) is 13.5. The highest BCUT2D eigenvalue weighted by Crippen LogP contribution is 2.20. The number of nitrogens with zero attached hydrogens (tertiary/aromatic N) is 2. The second-order valence-corrected chi connectivity index (χ2v) is 5.66. The first-order valence-electron chi connectivity index (χ1n) is 5.39. The van der Waals surface area contributed by atoms with Gasteiger partial charge in [-0.05, 0) is 24.3 Å². The molecule has 0 saturated carbocycles. The van der Waals surface area contributed by atoms with Crippen molar-refractivity contribution in [3.8, 4) is 17.2 Å². The Bertz CT molecular complexity index is 649. The van der Waals surface area contributed by atoms with Crippen LogP contribution in [0.2, 0.25) is 0 Å². The molecule has 0 fully saturated rings. The van der Waals surface area contributed by atoms with Crippen LogP contribution in [-0.2, 0) is 16.6 Å². The van der Waals surface area contributed by atoms with Crippen LogP contribution in [0.3, 0.4) is 0 Å². The lowest BCUT2D eigenvalue weighted by Gasteiger charge is -1.99. The summed E-state index contributed by atoms with van der Waals surface area (Å²) in [4.78, 5) is 0. The summed E-state index contributed by atoms with van der Waals surface area (Å²) in [7, 11) is -1.70. The predicted molar refractivity (Wildman–Crippen MR) is 68.0 cm³/mol. The van der Waals surface area contributed by atoms with Gasteiger partial charge in [0, 0.05) is 5.56 Å². The van der Waals surface area contributed by atoms with E-state index in [0.717, 1.165) is 17.6 Å². The molecule has 0 amide bonds. The van der Waals surface area contributed by atoms with E-state index in [1.165, 1.54) is 0 Å². The largest absolute Gasteiger partial charge is 0.497 e. The quantitative estimate of drug-likeness (QED) is 0.872. The Hall–Kier alpha value is -1.93. The van der Waals surface area contributed by atoms with E-state index in [2.05, 4.69) is 14.9 Å². The molecule has 0 bridgehead atoms. The van der Waals surface area contributed by atoms with E-state index < -0.39 is 10.0 Å². The van der Waals surface area contributed by atoms with Crippen molar-refractivity contribution in [2.24, 2.45) is 0 Å². The molecule has 1 N–H and O–H groups in total. The highest BCUT2D eigenvalue weighted by atomic mass is 32.2. The SMILES string of the molecule is COc1ccc(-c2nnc(CNS(C)(=O)=O)o2)cc1. The molecule has 102 valence electrons. The zero-order valence-electron chi connectivity index (χ0n) is 10.5. The summed E-state index contributed by atoms with van der Waals surface area (Å²) in [6, 6.07) is 7.10. The molecule has 1 aromatic carbocycles. The average Bonchev–Trinajstić information content (AvgIpc) is 2.84. The molecule has 2 rings (SSSR count). The molecular weight excluding hydrogens is 270 g/mol. The topological polar surface area (TPSA) is 94.3 Å². The Morgan fingerprint density at radius 3 is 2.53 bits per heavy atom. The lowest BCUT2D eigenvalue weighted by molar-refractivity contribution is 0.415. The van der Waals surface area contributed by atoms with Gasteiger partial charge in [-0.3, -0.25) is 0 Å². The molecule has 1 heterocycles. The molecular formula is C11H13N3O4S. The first-order valence-corrected chi connectivity index (χ1v) is 7.28. The van der Waals surface area contributed by atoms with Crippen LogP contribution in [0.4, 0.5) is 0 Å². The molecule has 1 aromatic heterocycles. The second-order valence-electron chi connectivity index (χ2n) is 3.82. The predicted octanol–water partition coefficient (Wildman–Crippen LogP) is 0.794. The molecule has 2 aromatic rings. The summed E-state index contributed by atoms with van der Waals surface area (Å²) in [5.74, 6) is 1.26. The van der Waals surface area contributed by atoms with Gasteiger partial charge in [0.15, 0.2) is 0 Å². The van der Waals surface area contributed by atoms with Gasteiger partial charge in [0.25, 0.3) is 0 Å². The van der Waals surface area contributed by atoms with Crippen molar-refractivity contribution in [1.29, 1.82) is 0 Å². The van der Waals surface area contributed by atoms with Gasteiger partial charge in [-0.25, -0.2) is 13.1 Å². The minimum Gasteiger partial charge on any atom is -0.497 e. The van der Waals surface area contributed by atoms with Gasteiger partial charge in [0.05, 0.1) is 19.9 Å². The van der Waals surface area contributed by atoms with Crippen LogP contribution >= 0.6 is 0 Å². The van der Waals surface area contributed by atoms with Gasteiger partial charge in [-0.15, -0.1) is 10.2 Å². The Kier molecular flexibility index (Phi) is 3.82. The number of benzene rings is 1. The molecule has 0 spiro atoms. The van der Waals surface area contributed by atoms with E-state index in [9.17, 15) is 8.42 Å². The third-order valence-corrected chi connectivity index (χ3v) is 2.96. The highest BCUT2D eigenvalue weighted by molar-refractivity contribution is 7.88. The normalized spacial score (nSPS) is 11.5. The van der Waals surface area contributed by atoms with E-state index in [1.807, 2.05) is 0 Å². The van der Waals surface area contributed by atoms with Crippen LogP contribution in [-0.4, -0.2) is 32.0 Å². The molecule has 7 nitrogen and oxygen atoms in total. The summed E-state index contributed by atoms with van der Waals surface area (Å²) in [5, 5.41) is 7.61. The van der Waals surface area contributed by atoms with E-state index in [0.29, 0.717) is 5.89 Å². The van der Waals surface area contributed by atoms with Gasteiger partial charge in [-0.2, -0.15) is 0 Å². The number of nitrogens with one attached hydrogen (secondary N) is 1. The number of rotatable bonds is 5. The highest BCUT2D eigenvalue weighted by Gasteiger charge is 2.10. The summed E-state index contributed by atoms with van der Waals surface area (Å²) in [5.41, 5.74) is 0.735. The average molecular weight is 283 g/mol. The van der Waals surface area contributed by atoms with Crippen molar-refractivity contribution < 1.29 is 17.6 Å². The zero-order valence-corrected chi connectivity index (χ0v) is 11.3. The monoisotopic (exact) mass is 283 g/mol. The summed E-state index contributed by atoms with van der Waals surface area (Å²) in [6.45, 7) is -0.0258. The molecule has 0 radical (unpaired) electrons. The number of methoxy groups -OCH3 is 1. The molecule has 0 unspecified atom stereocenters. The smallest absolute Gasteiger partial charge is 0.247 e. The van der Waals surface area contributed by atoms with E-state index in [1.54, 1.807) is 31.4 Å². The van der Waals surface area contributed by atoms with Crippen molar-refractivity contribution in [2.75, 3.05) is 13.4 Å². The molecule has 0 aliphatic rings. The molecule has 0 atom stereocenters. The van der Waals surface area contributed by atoms with Crippen molar-refractivity contribution in [1.82, 2.24) is 14.9 Å². The fourth-order valence-corrected chi connectivity index (χ4v) is 1.75. The Labute approximate surface area is 110 Å². The third-order valence-electron chi connectivity index (χ3n) is 2.29. The van der Waals surface area contributed by atoms with Crippen molar-refractivity contribution in [3.05, 3.63) is 30.2 Å². The molecule has 0 saturated heterocycles. The van der Waals surface area contributed by atoms with Crippen molar-refractivity contribution >= 4 is 10.0 Å². The molecule has 19 heavy (non-hydrogen) atoms. The van der Waals surface area contributed by atoms with Gasteiger partial charge >= 0.3 is 0 Å². The second kappa shape index (κ2) is 5.37. The van der Waals surface area contributed by atoms with E-state index >= 15 is 0 Å². The Morgan fingerprint density at radius 2 is 1.95 bits per heavy atom. The van der Waals surface area contributed by atoms with Gasteiger partial charge in [0.2, 0.25) is 21.8 Å². The number of hydrogen-bond acceptors (Lipinski definition) is 6. The minimum atomic E-state index is -3.28. The van der Waals surface area contributed by atoms with Crippen LogP contribution in [0, 0.1) is 0 Å². The van der Waals surface area contributed by atoms with Crippen LogP contribution in [0.1, 0.15) is 5.89 Å². The standard InChI is InChI=1S/C11H13N3O4S/c1-17-9-5-3-8(4-6-9)11-14-13-10(18-11)7-12-19(2,15)16/h3-6,12H,7H2,1-2H3. The Balaban J connectivity index is 2.11. The Morgan fingerprint density at radius 1 is 1.26 bits per heavy atom. The first-order chi connectivity index (χ1) is 8.98. The van der Waals surface area contributed by atoms with Crippen LogP contribution < -0.4 is 9.46 Å². The summed E-state index contributed by atoms with van der Waals surface area (Å²) < 4.78 is 34.5. The fraction of sp³-hybridized carbons (Fsp3) is 0.273. The van der Waals surface area contributed by atoms with Crippen LogP contribution in [0.15, 0.2) is 28.7 Å². The van der Waals surface area contributed by atoms with Crippen LogP contribution in [0.25, 0.3) is 11.5 Å². The molecule has 0 aliphatic heterocycles.